The molecule has 0 radical (unpaired) electrons. The number of amides is 2. The standard InChI is InChI=1S/C36H43N5O6S/c1-41-24-38-39-36(41)48-23-30-20-32(27-14-12-25(22-42)13-15-27)47-35(46-30)28-18-16-26(17-19-28)31-9-7-6-8-29(31)21-37-33(43)10-4-2-3-5-11-34(44)40-45/h6-9,12-19,24,30,32,35,42,45H,2-5,10-11,20-23H2,1H3,(H,37,43)(H,40,44)/t30-,32+,35+/m1/s1. The average molecular weight is 674 g/mol. The summed E-state index contributed by atoms with van der Waals surface area (Å²) >= 11 is 1.60. The smallest absolute Gasteiger partial charge is 0.243 e. The molecule has 48 heavy (non-hydrogen) atoms. The van der Waals surface area contributed by atoms with Crippen molar-refractivity contribution in [3.05, 3.63) is 101 Å². The number of carbonyl (C=O) groups is 2. The van der Waals surface area contributed by atoms with Crippen LogP contribution in [0, 0.1) is 0 Å². The lowest BCUT2D eigenvalue weighted by atomic mass is 9.97. The number of thioether (sulfide) groups is 1. The second-order valence-corrected chi connectivity index (χ2v) is 12.9. The first-order valence-corrected chi connectivity index (χ1v) is 17.3. The first kappa shape index (κ1) is 35.2. The minimum absolute atomic E-state index is 0.00708. The van der Waals surface area contributed by atoms with Crippen LogP contribution in [0.3, 0.4) is 0 Å². The van der Waals surface area contributed by atoms with Crippen molar-refractivity contribution < 1.29 is 29.4 Å². The molecule has 0 spiro atoms. The van der Waals surface area contributed by atoms with Gasteiger partial charge in [0.2, 0.25) is 11.8 Å². The Morgan fingerprint density at radius 1 is 0.917 bits per heavy atom. The number of aryl methyl sites for hydroxylation is 1. The van der Waals surface area contributed by atoms with Crippen molar-refractivity contribution in [2.45, 2.75) is 81.8 Å². The number of aliphatic hydroxyl groups is 1. The Labute approximate surface area is 285 Å². The van der Waals surface area contributed by atoms with Crippen LogP contribution in [0.1, 0.15) is 79.6 Å². The number of hydroxylamine groups is 1. The fourth-order valence-electron chi connectivity index (χ4n) is 5.63. The number of carbonyl (C=O) groups excluding carboxylic acids is 2. The van der Waals surface area contributed by atoms with Gasteiger partial charge in [0, 0.05) is 44.2 Å². The maximum Gasteiger partial charge on any atom is 0.243 e. The van der Waals surface area contributed by atoms with Gasteiger partial charge in [0.05, 0.1) is 18.8 Å². The maximum atomic E-state index is 12.5. The molecule has 0 unspecified atom stereocenters. The average Bonchev–Trinajstić information content (AvgIpc) is 3.55. The number of nitrogens with one attached hydrogen (secondary N) is 2. The van der Waals surface area contributed by atoms with E-state index in [9.17, 15) is 14.7 Å². The minimum Gasteiger partial charge on any atom is -0.392 e. The quantitative estimate of drug-likeness (QED) is 0.0503. The van der Waals surface area contributed by atoms with E-state index in [1.54, 1.807) is 23.6 Å². The van der Waals surface area contributed by atoms with Gasteiger partial charge in [-0.2, -0.15) is 0 Å². The Kier molecular flexibility index (Phi) is 13.1. The van der Waals surface area contributed by atoms with E-state index in [0.29, 0.717) is 31.6 Å². The zero-order chi connectivity index (χ0) is 33.7. The molecule has 3 aromatic carbocycles. The summed E-state index contributed by atoms with van der Waals surface area (Å²) in [7, 11) is 1.92. The Morgan fingerprint density at radius 3 is 2.31 bits per heavy atom. The Morgan fingerprint density at radius 2 is 1.62 bits per heavy atom. The first-order valence-electron chi connectivity index (χ1n) is 16.3. The van der Waals surface area contributed by atoms with Gasteiger partial charge >= 0.3 is 0 Å². The minimum atomic E-state index is -0.568. The largest absolute Gasteiger partial charge is 0.392 e. The third kappa shape index (κ3) is 9.97. The number of benzene rings is 3. The van der Waals surface area contributed by atoms with Crippen LogP contribution < -0.4 is 10.8 Å². The molecule has 1 aliphatic rings. The van der Waals surface area contributed by atoms with Gasteiger partial charge in [0.15, 0.2) is 11.4 Å². The molecule has 3 atom stereocenters. The van der Waals surface area contributed by atoms with Crippen molar-refractivity contribution in [1.29, 1.82) is 0 Å². The van der Waals surface area contributed by atoms with Crippen LogP contribution >= 0.6 is 11.8 Å². The van der Waals surface area contributed by atoms with Crippen molar-refractivity contribution in [2.75, 3.05) is 5.75 Å². The van der Waals surface area contributed by atoms with Gasteiger partial charge in [0.1, 0.15) is 6.33 Å². The highest BCUT2D eigenvalue weighted by atomic mass is 32.2. The molecule has 5 rings (SSSR count). The van der Waals surface area contributed by atoms with Gasteiger partial charge in [-0.15, -0.1) is 10.2 Å². The molecule has 254 valence electrons. The van der Waals surface area contributed by atoms with E-state index >= 15 is 0 Å². The summed E-state index contributed by atoms with van der Waals surface area (Å²) < 4.78 is 14.9. The Balaban J connectivity index is 1.21. The molecule has 1 saturated heterocycles. The lowest BCUT2D eigenvalue weighted by Crippen LogP contribution is -2.31. The van der Waals surface area contributed by atoms with E-state index in [4.69, 9.17) is 14.7 Å². The Bertz CT molecular complexity index is 1610. The van der Waals surface area contributed by atoms with E-state index in [0.717, 1.165) is 57.8 Å². The molecule has 4 N–H and O–H groups in total. The Hall–Kier alpha value is -4.07. The molecule has 0 aliphatic carbocycles. The second-order valence-electron chi connectivity index (χ2n) is 11.9. The number of hydrogen-bond donors (Lipinski definition) is 4. The van der Waals surface area contributed by atoms with E-state index < -0.39 is 6.29 Å². The highest BCUT2D eigenvalue weighted by molar-refractivity contribution is 7.99. The fraction of sp³-hybridized carbons (Fsp3) is 0.389. The maximum absolute atomic E-state index is 12.5. The molecule has 11 nitrogen and oxygen atoms in total. The van der Waals surface area contributed by atoms with E-state index in [2.05, 4.69) is 33.7 Å². The molecule has 1 fully saturated rings. The van der Waals surface area contributed by atoms with Crippen LogP contribution in [0.4, 0.5) is 0 Å². The summed E-state index contributed by atoms with van der Waals surface area (Å²) in [6.45, 7) is 0.413. The lowest BCUT2D eigenvalue weighted by Gasteiger charge is -2.36. The molecular formula is C36H43N5O6S. The van der Waals surface area contributed by atoms with Gasteiger partial charge < -0.3 is 24.5 Å². The number of hydrogen-bond acceptors (Lipinski definition) is 9. The van der Waals surface area contributed by atoms with E-state index in [1.807, 2.05) is 66.2 Å². The van der Waals surface area contributed by atoms with Crippen molar-refractivity contribution in [1.82, 2.24) is 25.6 Å². The first-order chi connectivity index (χ1) is 23.4. The van der Waals surface area contributed by atoms with E-state index in [-0.39, 0.29) is 37.0 Å². The lowest BCUT2D eigenvalue weighted by molar-refractivity contribution is -0.245. The monoisotopic (exact) mass is 673 g/mol. The summed E-state index contributed by atoms with van der Waals surface area (Å²) in [4.78, 5) is 23.6. The predicted octanol–water partition coefficient (Wildman–Crippen LogP) is 5.77. The van der Waals surface area contributed by atoms with Crippen molar-refractivity contribution in [3.8, 4) is 11.1 Å². The molecular weight excluding hydrogens is 630 g/mol. The molecule has 1 aliphatic heterocycles. The fourth-order valence-corrected chi connectivity index (χ4v) is 6.54. The summed E-state index contributed by atoms with van der Waals surface area (Å²) in [6, 6.07) is 24.1. The van der Waals surface area contributed by atoms with Crippen LogP contribution in [-0.2, 0) is 39.3 Å². The zero-order valence-corrected chi connectivity index (χ0v) is 27.9. The van der Waals surface area contributed by atoms with Gasteiger partial charge in [0.25, 0.3) is 0 Å². The van der Waals surface area contributed by atoms with Crippen molar-refractivity contribution >= 4 is 23.6 Å². The van der Waals surface area contributed by atoms with Crippen LogP contribution in [0.25, 0.3) is 11.1 Å². The third-order valence-electron chi connectivity index (χ3n) is 8.35. The molecule has 2 heterocycles. The molecule has 0 bridgehead atoms. The second kappa shape index (κ2) is 17.9. The molecule has 4 aromatic rings. The number of aromatic nitrogens is 3. The van der Waals surface area contributed by atoms with Gasteiger partial charge in [-0.05, 0) is 40.7 Å². The van der Waals surface area contributed by atoms with Crippen LogP contribution in [0.5, 0.6) is 0 Å². The molecule has 0 saturated carbocycles. The van der Waals surface area contributed by atoms with Gasteiger partial charge in [-0.25, -0.2) is 5.48 Å². The highest BCUT2D eigenvalue weighted by Gasteiger charge is 2.32. The third-order valence-corrected chi connectivity index (χ3v) is 9.52. The molecule has 12 heteroatoms. The summed E-state index contributed by atoms with van der Waals surface area (Å²) in [5.74, 6) is 0.301. The van der Waals surface area contributed by atoms with Crippen LogP contribution in [-0.4, -0.2) is 48.7 Å². The van der Waals surface area contributed by atoms with Crippen molar-refractivity contribution in [2.24, 2.45) is 7.05 Å². The number of ether oxygens (including phenoxy) is 2. The topological polar surface area (TPSA) is 148 Å². The number of aliphatic hydroxyl groups excluding tert-OH is 1. The zero-order valence-electron chi connectivity index (χ0n) is 27.1. The number of nitrogens with zero attached hydrogens (tertiary/aromatic N) is 3. The van der Waals surface area contributed by atoms with Crippen molar-refractivity contribution in [3.63, 3.8) is 0 Å². The summed E-state index contributed by atoms with van der Waals surface area (Å²) in [6.07, 6.45) is 5.34. The number of unbranched alkanes of at least 4 members (excludes halogenated alkanes) is 3. The number of rotatable bonds is 16. The molecule has 1 aromatic heterocycles. The van der Waals surface area contributed by atoms with Crippen LogP contribution in [0.15, 0.2) is 84.3 Å². The summed E-state index contributed by atoms with van der Waals surface area (Å²) in [5.41, 5.74) is 7.52. The SMILES string of the molecule is Cn1cnnc1SC[C@H]1C[C@@H](c2ccc(CO)cc2)O[C@@H](c2ccc(-c3ccccc3CNC(=O)CCCCCCC(=O)NO)cc2)O1. The normalized spacial score (nSPS) is 17.6. The van der Waals surface area contributed by atoms with Gasteiger partial charge in [-0.1, -0.05) is 97.4 Å². The van der Waals surface area contributed by atoms with Gasteiger partial charge in [-0.3, -0.25) is 14.8 Å². The summed E-state index contributed by atoms with van der Waals surface area (Å²) in [5, 5.41) is 30.1. The predicted molar refractivity (Wildman–Crippen MR) is 182 cm³/mol. The van der Waals surface area contributed by atoms with Crippen LogP contribution in [0.2, 0.25) is 0 Å². The van der Waals surface area contributed by atoms with E-state index in [1.165, 1.54) is 0 Å². The highest BCUT2D eigenvalue weighted by Crippen LogP contribution is 2.40. The molecule has 2 amide bonds.